The molecule has 28 heavy (non-hydrogen) atoms. The van der Waals surface area contributed by atoms with Crippen molar-refractivity contribution < 1.29 is 4.79 Å². The summed E-state index contributed by atoms with van der Waals surface area (Å²) < 4.78 is 0. The summed E-state index contributed by atoms with van der Waals surface area (Å²) in [6, 6.07) is 25.4. The molecule has 0 fully saturated rings. The van der Waals surface area contributed by atoms with Crippen LogP contribution in [0.25, 0.3) is 22.5 Å². The van der Waals surface area contributed by atoms with Crippen LogP contribution in [0.15, 0.2) is 96.4 Å². The Labute approximate surface area is 162 Å². The van der Waals surface area contributed by atoms with Crippen molar-refractivity contribution in [1.29, 1.82) is 0 Å². The van der Waals surface area contributed by atoms with Crippen molar-refractivity contribution in [3.8, 4) is 22.5 Å². The Kier molecular flexibility index (Phi) is 5.06. The van der Waals surface area contributed by atoms with Gasteiger partial charge in [0.15, 0.2) is 0 Å². The Morgan fingerprint density at radius 3 is 2.21 bits per heavy atom. The van der Waals surface area contributed by atoms with E-state index in [1.54, 1.807) is 30.7 Å². The number of H-pyrrole nitrogens is 1. The molecule has 2 aromatic carbocycles. The van der Waals surface area contributed by atoms with Gasteiger partial charge in [-0.15, -0.1) is 0 Å². The van der Waals surface area contributed by atoms with E-state index in [4.69, 9.17) is 0 Å². The van der Waals surface area contributed by atoms with E-state index in [1.165, 1.54) is 0 Å². The van der Waals surface area contributed by atoms with Crippen LogP contribution in [0.1, 0.15) is 15.9 Å². The van der Waals surface area contributed by atoms with E-state index in [9.17, 15) is 4.79 Å². The van der Waals surface area contributed by atoms with E-state index in [1.807, 2.05) is 66.7 Å². The normalized spacial score (nSPS) is 10.9. The first kappa shape index (κ1) is 17.4. The number of hydrogen-bond acceptors (Lipinski definition) is 3. The van der Waals surface area contributed by atoms with Crippen molar-refractivity contribution >= 4 is 12.1 Å². The van der Waals surface area contributed by atoms with Crippen molar-refractivity contribution in [3.63, 3.8) is 0 Å². The Hall–Kier alpha value is -3.99. The highest BCUT2D eigenvalue weighted by molar-refractivity contribution is 5.96. The van der Waals surface area contributed by atoms with Gasteiger partial charge in [-0.2, -0.15) is 5.10 Å². The second-order valence-electron chi connectivity index (χ2n) is 6.18. The van der Waals surface area contributed by atoms with Gasteiger partial charge in [0.1, 0.15) is 0 Å². The van der Waals surface area contributed by atoms with Gasteiger partial charge in [-0.3, -0.25) is 9.78 Å². The molecule has 0 saturated carbocycles. The maximum atomic E-state index is 12.2. The average Bonchev–Trinajstić information content (AvgIpc) is 3.20. The lowest BCUT2D eigenvalue weighted by atomic mass is 10.1. The summed E-state index contributed by atoms with van der Waals surface area (Å²) in [6.45, 7) is 0. The van der Waals surface area contributed by atoms with Crippen LogP contribution in [-0.4, -0.2) is 22.1 Å². The molecule has 2 aromatic heterocycles. The van der Waals surface area contributed by atoms with Gasteiger partial charge < -0.3 is 4.98 Å². The van der Waals surface area contributed by atoms with Crippen LogP contribution in [0.3, 0.4) is 0 Å². The van der Waals surface area contributed by atoms with Crippen LogP contribution in [0.5, 0.6) is 0 Å². The first-order chi connectivity index (χ1) is 13.8. The van der Waals surface area contributed by atoms with Gasteiger partial charge in [-0.1, -0.05) is 60.7 Å². The number of pyridine rings is 1. The molecule has 2 heterocycles. The molecule has 0 aliphatic rings. The molecule has 0 saturated heterocycles. The fourth-order valence-corrected chi connectivity index (χ4v) is 2.92. The molecule has 4 rings (SSSR count). The van der Waals surface area contributed by atoms with Crippen LogP contribution in [-0.2, 0) is 0 Å². The second-order valence-corrected chi connectivity index (χ2v) is 6.18. The molecule has 0 spiro atoms. The largest absolute Gasteiger partial charge is 0.354 e. The first-order valence-electron chi connectivity index (χ1n) is 8.88. The van der Waals surface area contributed by atoms with Crippen LogP contribution < -0.4 is 5.43 Å². The fraction of sp³-hybridized carbons (Fsp3) is 0. The van der Waals surface area contributed by atoms with E-state index in [-0.39, 0.29) is 5.91 Å². The maximum Gasteiger partial charge on any atom is 0.271 e. The van der Waals surface area contributed by atoms with E-state index >= 15 is 0 Å². The predicted octanol–water partition coefficient (Wildman–Crippen LogP) is 4.51. The van der Waals surface area contributed by atoms with Crippen molar-refractivity contribution in [2.75, 3.05) is 0 Å². The number of nitrogens with one attached hydrogen (secondary N) is 2. The minimum absolute atomic E-state index is 0.279. The smallest absolute Gasteiger partial charge is 0.271 e. The van der Waals surface area contributed by atoms with Crippen LogP contribution in [0.4, 0.5) is 0 Å². The minimum Gasteiger partial charge on any atom is -0.354 e. The highest BCUT2D eigenvalue weighted by Crippen LogP contribution is 2.27. The quantitative estimate of drug-likeness (QED) is 0.403. The lowest BCUT2D eigenvalue weighted by Crippen LogP contribution is -2.17. The molecular weight excluding hydrogens is 348 g/mol. The third kappa shape index (κ3) is 3.88. The summed E-state index contributed by atoms with van der Waals surface area (Å²) >= 11 is 0. The number of benzene rings is 2. The molecule has 1 amide bonds. The maximum absolute atomic E-state index is 12.2. The van der Waals surface area contributed by atoms with E-state index in [0.29, 0.717) is 5.56 Å². The number of nitrogens with zero attached hydrogens (tertiary/aromatic N) is 2. The summed E-state index contributed by atoms with van der Waals surface area (Å²) in [5.41, 5.74) is 8.03. The Morgan fingerprint density at radius 1 is 0.893 bits per heavy atom. The number of aromatic nitrogens is 2. The molecule has 4 aromatic rings. The van der Waals surface area contributed by atoms with Crippen LogP contribution in [0.2, 0.25) is 0 Å². The van der Waals surface area contributed by atoms with Gasteiger partial charge in [-0.05, 0) is 29.3 Å². The summed E-state index contributed by atoms with van der Waals surface area (Å²) in [5.74, 6) is -0.279. The number of hydrogen-bond donors (Lipinski definition) is 2. The summed E-state index contributed by atoms with van der Waals surface area (Å²) in [7, 11) is 0. The SMILES string of the molecule is O=C(N/N=C/c1cc(-c2ccccc2)[nH]c1-c1ccccc1)c1ccncc1. The Morgan fingerprint density at radius 2 is 1.54 bits per heavy atom. The lowest BCUT2D eigenvalue weighted by Gasteiger charge is -2.01. The number of aromatic amines is 1. The predicted molar refractivity (Wildman–Crippen MR) is 111 cm³/mol. The molecule has 0 aliphatic carbocycles. The molecule has 5 heteroatoms. The zero-order chi connectivity index (χ0) is 19.2. The highest BCUT2D eigenvalue weighted by Gasteiger charge is 2.10. The number of rotatable bonds is 5. The molecule has 0 bridgehead atoms. The second kappa shape index (κ2) is 8.14. The van der Waals surface area contributed by atoms with Gasteiger partial charge in [0.05, 0.1) is 11.9 Å². The van der Waals surface area contributed by atoms with Crippen molar-refractivity contribution in [3.05, 3.63) is 102 Å². The van der Waals surface area contributed by atoms with E-state index in [2.05, 4.69) is 20.5 Å². The van der Waals surface area contributed by atoms with Crippen LogP contribution in [0, 0.1) is 0 Å². The molecular formula is C23H18N4O. The monoisotopic (exact) mass is 366 g/mol. The van der Waals surface area contributed by atoms with Crippen molar-refractivity contribution in [2.45, 2.75) is 0 Å². The standard InChI is InChI=1S/C23H18N4O/c28-23(19-11-13-24-14-12-19)27-25-16-20-15-21(17-7-3-1-4-8-17)26-22(20)18-9-5-2-6-10-18/h1-16,26H,(H,27,28)/b25-16+. The Balaban J connectivity index is 1.63. The molecule has 0 aliphatic heterocycles. The number of amides is 1. The summed E-state index contributed by atoms with van der Waals surface area (Å²) in [6.07, 6.45) is 4.80. The van der Waals surface area contributed by atoms with Crippen molar-refractivity contribution in [1.82, 2.24) is 15.4 Å². The molecule has 0 radical (unpaired) electrons. The minimum atomic E-state index is -0.279. The van der Waals surface area contributed by atoms with Crippen LogP contribution >= 0.6 is 0 Å². The number of carbonyl (C=O) groups is 1. The molecule has 5 nitrogen and oxygen atoms in total. The van der Waals surface area contributed by atoms with Gasteiger partial charge in [0.2, 0.25) is 0 Å². The summed E-state index contributed by atoms with van der Waals surface area (Å²) in [5, 5.41) is 4.15. The third-order valence-electron chi connectivity index (χ3n) is 4.31. The molecule has 136 valence electrons. The van der Waals surface area contributed by atoms with Gasteiger partial charge in [0.25, 0.3) is 5.91 Å². The topological polar surface area (TPSA) is 70.1 Å². The average molecular weight is 366 g/mol. The third-order valence-corrected chi connectivity index (χ3v) is 4.31. The van der Waals surface area contributed by atoms with Gasteiger partial charge in [-0.25, -0.2) is 5.43 Å². The first-order valence-corrected chi connectivity index (χ1v) is 8.88. The van der Waals surface area contributed by atoms with Gasteiger partial charge >= 0.3 is 0 Å². The summed E-state index contributed by atoms with van der Waals surface area (Å²) in [4.78, 5) is 19.5. The molecule has 0 atom stereocenters. The Bertz CT molecular complexity index is 1090. The number of hydrazone groups is 1. The van der Waals surface area contributed by atoms with E-state index in [0.717, 1.165) is 28.1 Å². The van der Waals surface area contributed by atoms with Gasteiger partial charge in [0, 0.05) is 29.2 Å². The molecule has 0 unspecified atom stereocenters. The number of carbonyl (C=O) groups excluding carboxylic acids is 1. The van der Waals surface area contributed by atoms with Crippen molar-refractivity contribution in [2.24, 2.45) is 5.10 Å². The van der Waals surface area contributed by atoms with E-state index < -0.39 is 0 Å². The lowest BCUT2D eigenvalue weighted by molar-refractivity contribution is 0.0955. The molecule has 2 N–H and O–H groups in total. The zero-order valence-electron chi connectivity index (χ0n) is 15.0. The highest BCUT2D eigenvalue weighted by atomic mass is 16.2. The fourth-order valence-electron chi connectivity index (χ4n) is 2.92. The zero-order valence-corrected chi connectivity index (χ0v) is 15.0.